The van der Waals surface area contributed by atoms with Crippen LogP contribution in [-0.4, -0.2) is 16.6 Å². The monoisotopic (exact) mass is 195 g/mol. The molecule has 1 aliphatic carbocycles. The maximum Gasteiger partial charge on any atom is 0.324 e. The molecule has 0 spiro atoms. The third-order valence-corrected chi connectivity index (χ3v) is 2.68. The molecule has 3 nitrogen and oxygen atoms in total. The Kier molecular flexibility index (Phi) is 1.82. The molecule has 3 N–H and O–H groups in total. The average Bonchev–Trinajstić information content (AvgIpc) is 2.80. The fourth-order valence-electron chi connectivity index (χ4n) is 1.66. The van der Waals surface area contributed by atoms with Crippen molar-refractivity contribution in [3.63, 3.8) is 0 Å². The summed E-state index contributed by atoms with van der Waals surface area (Å²) in [6, 6.07) is 6.15. The highest BCUT2D eigenvalue weighted by atomic mass is 19.1. The van der Waals surface area contributed by atoms with E-state index in [-0.39, 0.29) is 11.7 Å². The summed E-state index contributed by atoms with van der Waals surface area (Å²) in [6.45, 7) is 0. The predicted molar refractivity (Wildman–Crippen MR) is 48.3 cm³/mol. The van der Waals surface area contributed by atoms with E-state index < -0.39 is 11.5 Å². The minimum absolute atomic E-state index is 0.309. The van der Waals surface area contributed by atoms with Crippen molar-refractivity contribution in [1.29, 1.82) is 0 Å². The van der Waals surface area contributed by atoms with E-state index in [1.807, 2.05) is 0 Å². The van der Waals surface area contributed by atoms with Gasteiger partial charge >= 0.3 is 5.97 Å². The van der Waals surface area contributed by atoms with Crippen LogP contribution >= 0.6 is 0 Å². The van der Waals surface area contributed by atoms with E-state index in [1.165, 1.54) is 6.07 Å². The van der Waals surface area contributed by atoms with Crippen molar-refractivity contribution < 1.29 is 14.3 Å². The van der Waals surface area contributed by atoms with E-state index in [4.69, 9.17) is 10.8 Å². The third-order valence-electron chi connectivity index (χ3n) is 2.68. The van der Waals surface area contributed by atoms with Crippen molar-refractivity contribution in [3.05, 3.63) is 35.6 Å². The summed E-state index contributed by atoms with van der Waals surface area (Å²) < 4.78 is 13.2. The van der Waals surface area contributed by atoms with E-state index in [1.54, 1.807) is 18.2 Å². The lowest BCUT2D eigenvalue weighted by Gasteiger charge is -2.05. The largest absolute Gasteiger partial charge is 0.480 e. The fraction of sp³-hybridized carbons (Fsp3) is 0.300. The zero-order valence-electron chi connectivity index (χ0n) is 7.40. The lowest BCUT2D eigenvalue weighted by molar-refractivity contribution is -0.139. The first-order valence-electron chi connectivity index (χ1n) is 4.32. The van der Waals surface area contributed by atoms with Gasteiger partial charge in [0.25, 0.3) is 0 Å². The predicted octanol–water partition coefficient (Wildman–Crippen LogP) is 1.10. The molecule has 0 unspecified atom stereocenters. The normalized spacial score (nSPS) is 30.0. The summed E-state index contributed by atoms with van der Waals surface area (Å²) in [6.07, 6.45) is 0.309. The van der Waals surface area contributed by atoms with Crippen molar-refractivity contribution in [2.75, 3.05) is 0 Å². The van der Waals surface area contributed by atoms with Gasteiger partial charge in [-0.2, -0.15) is 0 Å². The highest BCUT2D eigenvalue weighted by molar-refractivity contribution is 5.84. The number of aliphatic carboxylic acids is 1. The summed E-state index contributed by atoms with van der Waals surface area (Å²) in [5.74, 6) is -1.84. The molecule has 1 fully saturated rings. The van der Waals surface area contributed by atoms with Gasteiger partial charge in [-0.3, -0.25) is 4.79 Å². The molecule has 1 aromatic rings. The minimum atomic E-state index is -1.26. The topological polar surface area (TPSA) is 63.3 Å². The Balaban J connectivity index is 2.29. The first kappa shape index (κ1) is 9.15. The Bertz CT molecular complexity index is 393. The average molecular weight is 195 g/mol. The van der Waals surface area contributed by atoms with Gasteiger partial charge in [-0.15, -0.1) is 0 Å². The molecule has 1 aromatic carbocycles. The van der Waals surface area contributed by atoms with E-state index >= 15 is 0 Å². The van der Waals surface area contributed by atoms with Crippen LogP contribution in [0, 0.1) is 5.82 Å². The molecule has 0 aliphatic heterocycles. The van der Waals surface area contributed by atoms with Crippen molar-refractivity contribution in [2.45, 2.75) is 17.9 Å². The molecule has 14 heavy (non-hydrogen) atoms. The lowest BCUT2D eigenvalue weighted by Crippen LogP contribution is -2.34. The van der Waals surface area contributed by atoms with Crippen LogP contribution in [0.2, 0.25) is 0 Å². The quantitative estimate of drug-likeness (QED) is 0.742. The number of carbonyl (C=O) groups is 1. The molecule has 0 bridgehead atoms. The van der Waals surface area contributed by atoms with Crippen molar-refractivity contribution in [3.8, 4) is 0 Å². The van der Waals surface area contributed by atoms with Crippen molar-refractivity contribution >= 4 is 5.97 Å². The van der Waals surface area contributed by atoms with Crippen LogP contribution in [0.3, 0.4) is 0 Å². The zero-order valence-corrected chi connectivity index (χ0v) is 7.40. The van der Waals surface area contributed by atoms with Crippen LogP contribution in [-0.2, 0) is 4.79 Å². The second-order valence-corrected chi connectivity index (χ2v) is 3.62. The molecule has 1 saturated carbocycles. The zero-order chi connectivity index (χ0) is 10.3. The number of carboxylic acids is 1. The highest BCUT2D eigenvalue weighted by Crippen LogP contribution is 2.50. The molecule has 0 amide bonds. The van der Waals surface area contributed by atoms with Gasteiger partial charge < -0.3 is 10.8 Å². The SMILES string of the molecule is N[C@]1(C(=O)O)C[C@H]1c1ccccc1F. The maximum atomic E-state index is 13.2. The Morgan fingerprint density at radius 3 is 2.71 bits per heavy atom. The molecule has 74 valence electrons. The number of carboxylic acid groups (broad SMARTS) is 1. The van der Waals surface area contributed by atoms with Crippen molar-refractivity contribution in [2.24, 2.45) is 5.73 Å². The Labute approximate surface area is 80.3 Å². The molecular formula is C10H10FNO2. The smallest absolute Gasteiger partial charge is 0.324 e. The fourth-order valence-corrected chi connectivity index (χ4v) is 1.66. The van der Waals surface area contributed by atoms with Gasteiger partial charge in [-0.05, 0) is 18.1 Å². The van der Waals surface area contributed by atoms with Gasteiger partial charge in [0, 0.05) is 5.92 Å². The number of rotatable bonds is 2. The maximum absolute atomic E-state index is 13.2. The molecule has 4 heteroatoms. The molecule has 0 saturated heterocycles. The molecular weight excluding hydrogens is 185 g/mol. The molecule has 0 aromatic heterocycles. The highest BCUT2D eigenvalue weighted by Gasteiger charge is 2.58. The summed E-state index contributed by atoms with van der Waals surface area (Å²) in [4.78, 5) is 10.7. The summed E-state index contributed by atoms with van der Waals surface area (Å²) in [7, 11) is 0. The number of benzene rings is 1. The van der Waals surface area contributed by atoms with E-state index in [9.17, 15) is 9.18 Å². The molecule has 2 rings (SSSR count). The van der Waals surface area contributed by atoms with Crippen LogP contribution in [0.1, 0.15) is 17.9 Å². The van der Waals surface area contributed by atoms with Gasteiger partial charge in [0.05, 0.1) is 0 Å². The van der Waals surface area contributed by atoms with Crippen molar-refractivity contribution in [1.82, 2.24) is 0 Å². The minimum Gasteiger partial charge on any atom is -0.480 e. The van der Waals surface area contributed by atoms with Gasteiger partial charge in [-0.1, -0.05) is 18.2 Å². The number of nitrogens with two attached hydrogens (primary N) is 1. The van der Waals surface area contributed by atoms with Crippen LogP contribution in [0.5, 0.6) is 0 Å². The Morgan fingerprint density at radius 1 is 1.57 bits per heavy atom. The number of hydrogen-bond acceptors (Lipinski definition) is 2. The summed E-state index contributed by atoms with van der Waals surface area (Å²) in [5.41, 5.74) is 4.71. The van der Waals surface area contributed by atoms with Crippen LogP contribution in [0.15, 0.2) is 24.3 Å². The number of halogens is 1. The van der Waals surface area contributed by atoms with E-state index in [2.05, 4.69) is 0 Å². The second-order valence-electron chi connectivity index (χ2n) is 3.62. The summed E-state index contributed by atoms with van der Waals surface area (Å²) >= 11 is 0. The number of hydrogen-bond donors (Lipinski definition) is 2. The Morgan fingerprint density at radius 2 is 2.21 bits per heavy atom. The lowest BCUT2D eigenvalue weighted by atomic mass is 10.1. The molecule has 0 heterocycles. The van der Waals surface area contributed by atoms with Gasteiger partial charge in [0.15, 0.2) is 0 Å². The van der Waals surface area contributed by atoms with Crippen LogP contribution < -0.4 is 5.73 Å². The third kappa shape index (κ3) is 1.19. The van der Waals surface area contributed by atoms with E-state index in [0.717, 1.165) is 0 Å². The van der Waals surface area contributed by atoms with Gasteiger partial charge in [0.2, 0.25) is 0 Å². The van der Waals surface area contributed by atoms with Crippen LogP contribution in [0.25, 0.3) is 0 Å². The first-order valence-corrected chi connectivity index (χ1v) is 4.32. The second kappa shape index (κ2) is 2.78. The molecule has 2 atom stereocenters. The molecule has 0 radical (unpaired) electrons. The van der Waals surface area contributed by atoms with Gasteiger partial charge in [0.1, 0.15) is 11.4 Å². The van der Waals surface area contributed by atoms with Crippen LogP contribution in [0.4, 0.5) is 4.39 Å². The van der Waals surface area contributed by atoms with E-state index in [0.29, 0.717) is 12.0 Å². The standard InChI is InChI=1S/C10H10FNO2/c11-8-4-2-1-3-6(8)7-5-10(7,12)9(13)14/h1-4,7H,5,12H2,(H,13,14)/t7-,10+/m0/s1. The molecule has 1 aliphatic rings. The first-order chi connectivity index (χ1) is 6.55. The summed E-state index contributed by atoms with van der Waals surface area (Å²) in [5, 5.41) is 8.79. The Hall–Kier alpha value is -1.42. The van der Waals surface area contributed by atoms with Gasteiger partial charge in [-0.25, -0.2) is 4.39 Å².